The van der Waals surface area contributed by atoms with Gasteiger partial charge in [-0.2, -0.15) is 13.2 Å². The van der Waals surface area contributed by atoms with Crippen molar-refractivity contribution in [2.75, 3.05) is 11.9 Å². The summed E-state index contributed by atoms with van der Waals surface area (Å²) in [6, 6.07) is 2.41. The molecule has 3 fully saturated rings. The molecule has 0 bridgehead atoms. The number of nitrogens with two attached hydrogens (primary N) is 1. The number of rotatable bonds is 5. The van der Waals surface area contributed by atoms with Gasteiger partial charge in [-0.3, -0.25) is 14.4 Å². The fraction of sp³-hybridized carbons (Fsp3) is 0.571. The third-order valence-corrected chi connectivity index (χ3v) is 9.28. The van der Waals surface area contributed by atoms with E-state index < -0.39 is 65.9 Å². The Morgan fingerprint density at radius 1 is 1.22 bits per heavy atom. The molecule has 13 heteroatoms. The maximum atomic E-state index is 14.8. The number of ether oxygens (including phenoxy) is 1. The van der Waals surface area contributed by atoms with Gasteiger partial charge in [0.1, 0.15) is 18.8 Å². The lowest BCUT2D eigenvalue weighted by molar-refractivity contribution is -0.210. The Hall–Kier alpha value is -3.48. The number of carbonyl (C=O) groups is 4. The van der Waals surface area contributed by atoms with Gasteiger partial charge in [-0.05, 0) is 75.6 Å². The predicted octanol–water partition coefficient (Wildman–Crippen LogP) is 3.85. The van der Waals surface area contributed by atoms with E-state index in [4.69, 9.17) is 10.5 Å². The van der Waals surface area contributed by atoms with Crippen molar-refractivity contribution in [1.29, 1.82) is 0 Å². The highest BCUT2D eigenvalue weighted by Gasteiger charge is 2.61. The molecule has 2 saturated heterocycles. The predicted molar refractivity (Wildman–Crippen MR) is 138 cm³/mol. The lowest BCUT2D eigenvalue weighted by Gasteiger charge is -2.52. The fourth-order valence-corrected chi connectivity index (χ4v) is 6.39. The number of nitrogens with zero attached hydrogens (tertiary/aromatic N) is 2. The highest BCUT2D eigenvalue weighted by molar-refractivity contribution is 6.06. The Balaban J connectivity index is 1.39. The number of nitrogens with one attached hydrogen (secondary N) is 1. The van der Waals surface area contributed by atoms with Crippen LogP contribution in [0.2, 0.25) is 0 Å². The number of piperidine rings is 1. The third kappa shape index (κ3) is 4.39. The molecule has 1 aromatic rings. The molecule has 2 aliphatic heterocycles. The average Bonchev–Trinajstić information content (AvgIpc) is 3.34. The van der Waals surface area contributed by atoms with E-state index in [2.05, 4.69) is 11.9 Å². The van der Waals surface area contributed by atoms with Crippen molar-refractivity contribution in [3.05, 3.63) is 41.5 Å². The fourth-order valence-electron chi connectivity index (χ4n) is 6.39. The number of carbonyl (C=O) groups excluding carboxylic acids is 4. The normalized spacial score (nSPS) is 29.7. The first-order valence-electron chi connectivity index (χ1n) is 13.5. The van der Waals surface area contributed by atoms with Crippen molar-refractivity contribution in [3.63, 3.8) is 0 Å². The van der Waals surface area contributed by atoms with Crippen LogP contribution in [0.15, 0.2) is 30.4 Å². The van der Waals surface area contributed by atoms with Gasteiger partial charge in [-0.25, -0.2) is 14.1 Å². The van der Waals surface area contributed by atoms with Gasteiger partial charge < -0.3 is 20.7 Å². The molecule has 9 nitrogen and oxygen atoms in total. The molecule has 41 heavy (non-hydrogen) atoms. The lowest BCUT2D eigenvalue weighted by atomic mass is 9.77. The molecule has 4 amide bonds. The minimum Gasteiger partial charge on any atom is -0.427 e. The highest BCUT2D eigenvalue weighted by Crippen LogP contribution is 2.47. The van der Waals surface area contributed by atoms with Gasteiger partial charge in [0, 0.05) is 17.7 Å². The van der Waals surface area contributed by atoms with Gasteiger partial charge in [-0.15, -0.1) is 0 Å². The summed E-state index contributed by atoms with van der Waals surface area (Å²) in [7, 11) is 0. The molecule has 2 aliphatic carbocycles. The number of hydrogen-bond donors (Lipinski definition) is 2. The van der Waals surface area contributed by atoms with Crippen molar-refractivity contribution >= 4 is 29.5 Å². The number of amides is 4. The van der Waals surface area contributed by atoms with E-state index in [-0.39, 0.29) is 24.3 Å². The molecule has 3 N–H and O–H groups in total. The van der Waals surface area contributed by atoms with Crippen LogP contribution < -0.4 is 11.1 Å². The van der Waals surface area contributed by atoms with E-state index in [1.54, 1.807) is 12.1 Å². The Morgan fingerprint density at radius 3 is 2.49 bits per heavy atom. The molecule has 222 valence electrons. The summed E-state index contributed by atoms with van der Waals surface area (Å²) in [5, 5.41) is 2.77. The van der Waals surface area contributed by atoms with Crippen LogP contribution in [-0.4, -0.2) is 69.6 Å². The first-order valence-corrected chi connectivity index (χ1v) is 13.5. The number of benzene rings is 1. The molecule has 4 aliphatic rings. The molecular formula is C28H32F4N4O5. The van der Waals surface area contributed by atoms with E-state index >= 15 is 0 Å². The first-order chi connectivity index (χ1) is 19.0. The number of hydrogen-bond acceptors (Lipinski definition) is 6. The molecule has 2 unspecified atom stereocenters. The van der Waals surface area contributed by atoms with Crippen molar-refractivity contribution in [2.45, 2.75) is 93.9 Å². The first kappa shape index (κ1) is 29.0. The van der Waals surface area contributed by atoms with Crippen molar-refractivity contribution in [1.82, 2.24) is 9.80 Å². The average molecular weight is 581 g/mol. The zero-order chi connectivity index (χ0) is 30.1. The van der Waals surface area contributed by atoms with E-state index in [1.165, 1.54) is 13.0 Å². The Labute approximate surface area is 234 Å². The van der Waals surface area contributed by atoms with Crippen molar-refractivity contribution in [2.24, 2.45) is 5.73 Å². The molecule has 1 spiro atoms. The summed E-state index contributed by atoms with van der Waals surface area (Å²) in [5.74, 6) is -2.46. The van der Waals surface area contributed by atoms with Crippen LogP contribution in [0.5, 0.6) is 0 Å². The quantitative estimate of drug-likeness (QED) is 0.403. The summed E-state index contributed by atoms with van der Waals surface area (Å²) in [5.41, 5.74) is 2.94. The van der Waals surface area contributed by atoms with Gasteiger partial charge >= 0.3 is 12.3 Å². The second-order valence-electron chi connectivity index (χ2n) is 11.6. The van der Waals surface area contributed by atoms with Gasteiger partial charge in [0.05, 0.1) is 11.1 Å². The Morgan fingerprint density at radius 2 is 1.90 bits per heavy atom. The highest BCUT2D eigenvalue weighted by atomic mass is 19.4. The van der Waals surface area contributed by atoms with Crippen LogP contribution in [0.1, 0.15) is 63.5 Å². The molecule has 0 aromatic heterocycles. The summed E-state index contributed by atoms with van der Waals surface area (Å²) in [4.78, 5) is 53.4. The molecule has 0 radical (unpaired) electrons. The molecular weight excluding hydrogens is 548 g/mol. The number of fused-ring (bicyclic) bond motifs is 2. The zero-order valence-corrected chi connectivity index (χ0v) is 22.8. The Bertz CT molecular complexity index is 1340. The lowest BCUT2D eigenvalue weighted by Crippen LogP contribution is -2.67. The van der Waals surface area contributed by atoms with E-state index in [0.29, 0.717) is 45.9 Å². The summed E-state index contributed by atoms with van der Waals surface area (Å²) in [6.07, 6.45) is -6.27. The largest absolute Gasteiger partial charge is 0.427 e. The van der Waals surface area contributed by atoms with Gasteiger partial charge in [0.15, 0.2) is 0 Å². The molecule has 4 atom stereocenters. The molecule has 5 rings (SSSR count). The summed E-state index contributed by atoms with van der Waals surface area (Å²) >= 11 is 0. The second kappa shape index (κ2) is 9.53. The number of aryl methyl sites for hydroxylation is 1. The number of anilines is 1. The summed E-state index contributed by atoms with van der Waals surface area (Å²) in [6.45, 7) is 4.88. The zero-order valence-electron chi connectivity index (χ0n) is 22.8. The number of imide groups is 1. The van der Waals surface area contributed by atoms with E-state index in [9.17, 15) is 36.7 Å². The SMILES string of the molecule is C=C1CC[C@@H](C(F)(F)F)N(C(=O)CN2C(=O)OC3(CCc4cc(NC(=O)C5(N)CCC5)ccc43)C2=O)[C@@]1(C)C(C)F. The van der Waals surface area contributed by atoms with Gasteiger partial charge in [0.2, 0.25) is 17.4 Å². The van der Waals surface area contributed by atoms with Crippen LogP contribution in [0.3, 0.4) is 0 Å². The van der Waals surface area contributed by atoms with Crippen LogP contribution in [0, 0.1) is 0 Å². The topological polar surface area (TPSA) is 122 Å². The van der Waals surface area contributed by atoms with Crippen molar-refractivity contribution in [3.8, 4) is 0 Å². The maximum absolute atomic E-state index is 14.8. The molecule has 2 heterocycles. The second-order valence-corrected chi connectivity index (χ2v) is 11.6. The van der Waals surface area contributed by atoms with Crippen LogP contribution >= 0.6 is 0 Å². The number of alkyl halides is 4. The summed E-state index contributed by atoms with van der Waals surface area (Å²) < 4.78 is 62.4. The molecule has 1 aromatic carbocycles. The third-order valence-electron chi connectivity index (χ3n) is 9.28. The van der Waals surface area contributed by atoms with Crippen LogP contribution in [-0.2, 0) is 31.1 Å². The van der Waals surface area contributed by atoms with E-state index in [0.717, 1.165) is 13.3 Å². The van der Waals surface area contributed by atoms with Gasteiger partial charge in [0.25, 0.3) is 5.91 Å². The number of halogens is 4. The minimum absolute atomic E-state index is 0.0424. The van der Waals surface area contributed by atoms with Crippen LogP contribution in [0.25, 0.3) is 0 Å². The standard InChI is InChI=1S/C28H32F4N4O5/c1-15-5-8-20(28(30,31)32)36(25(15,3)16(2)29)21(37)14-35-23(39)27(41-24(35)40)12-9-17-13-18(6-7-19(17)27)34-22(38)26(33)10-4-11-26/h6-7,13,16,20H,1,4-5,8-12,14,33H2,2-3H3,(H,34,38)/t16?,20-,25+,27?/m0/s1. The number of likely N-dealkylation sites (tertiary alicyclic amines) is 1. The minimum atomic E-state index is -4.87. The van der Waals surface area contributed by atoms with E-state index in [1.807, 2.05) is 0 Å². The molecule has 1 saturated carbocycles. The van der Waals surface area contributed by atoms with Crippen LogP contribution in [0.4, 0.5) is 28.0 Å². The maximum Gasteiger partial charge on any atom is 0.418 e. The monoisotopic (exact) mass is 580 g/mol. The van der Waals surface area contributed by atoms with Gasteiger partial charge in [-0.1, -0.05) is 12.6 Å². The van der Waals surface area contributed by atoms with Crippen molar-refractivity contribution < 1.29 is 41.5 Å². The Kier molecular flexibility index (Phi) is 6.75. The smallest absolute Gasteiger partial charge is 0.418 e.